The topological polar surface area (TPSA) is 161 Å². The third kappa shape index (κ3) is 7.72. The highest BCUT2D eigenvalue weighted by Crippen LogP contribution is 2.45. The number of carboxylic acids is 1. The van der Waals surface area contributed by atoms with Crippen LogP contribution in [0.5, 0.6) is 0 Å². The van der Waals surface area contributed by atoms with Crippen molar-refractivity contribution in [2.24, 2.45) is 11.1 Å². The van der Waals surface area contributed by atoms with Gasteiger partial charge in [0.25, 0.3) is 0 Å². The standard InChI is InChI=1S/C32H40FN7O7/c1-30(2,3)46-28(43)38(4)15-10-22(17-27(41)42)18-31(11-13-36-47-31)32(33)19-23(9-12-34-32)25-7-5-6-8-26(25)40-21-24(45-29(40)44)20-39-16-14-35-37-39/h5-9,12-14,16,19,22,24,34H,10-11,15,17-18,20-21H2,1-4H3,(H,41,42). The largest absolute Gasteiger partial charge is 0.481 e. The van der Waals surface area contributed by atoms with E-state index >= 15 is 4.39 Å². The Hall–Kier alpha value is -4.95. The summed E-state index contributed by atoms with van der Waals surface area (Å²) in [4.78, 5) is 46.0. The highest BCUT2D eigenvalue weighted by molar-refractivity contribution is 5.95. The number of aliphatic carboxylic acids is 1. The van der Waals surface area contributed by atoms with Gasteiger partial charge in [-0.15, -0.1) is 5.10 Å². The second-order valence-electron chi connectivity index (χ2n) is 13.0. The van der Waals surface area contributed by atoms with Gasteiger partial charge in [0.15, 0.2) is 5.60 Å². The molecular formula is C32H40FN7O7. The number of anilines is 1. The number of para-hydroxylation sites is 1. The van der Waals surface area contributed by atoms with Crippen LogP contribution in [0, 0.1) is 5.92 Å². The zero-order valence-corrected chi connectivity index (χ0v) is 26.8. The van der Waals surface area contributed by atoms with Gasteiger partial charge in [-0.25, -0.2) is 18.7 Å². The van der Waals surface area contributed by atoms with E-state index in [1.807, 2.05) is 0 Å². The third-order valence-corrected chi connectivity index (χ3v) is 8.20. The minimum absolute atomic E-state index is 0.0212. The number of halogens is 1. The van der Waals surface area contributed by atoms with E-state index in [4.69, 9.17) is 14.3 Å². The molecule has 2 aromatic rings. The summed E-state index contributed by atoms with van der Waals surface area (Å²) in [5.41, 5.74) is -0.698. The quantitative estimate of drug-likeness (QED) is 0.315. The number of carbonyl (C=O) groups is 3. The number of carbonyl (C=O) groups excluding carboxylic acids is 2. The molecule has 47 heavy (non-hydrogen) atoms. The van der Waals surface area contributed by atoms with Gasteiger partial charge in [0.1, 0.15) is 11.7 Å². The summed E-state index contributed by atoms with van der Waals surface area (Å²) < 4.78 is 29.9. The Balaban J connectivity index is 1.38. The number of benzene rings is 1. The van der Waals surface area contributed by atoms with Gasteiger partial charge in [0.05, 0.1) is 25.0 Å². The predicted molar refractivity (Wildman–Crippen MR) is 169 cm³/mol. The number of allylic oxidation sites excluding steroid dienone is 2. The molecule has 4 unspecified atom stereocenters. The molecule has 15 heteroatoms. The van der Waals surface area contributed by atoms with Crippen molar-refractivity contribution in [3.05, 3.63) is 60.6 Å². The normalized spacial score (nSPS) is 24.3. The molecule has 0 saturated carbocycles. The summed E-state index contributed by atoms with van der Waals surface area (Å²) in [5.74, 6) is -3.96. The number of aromatic nitrogens is 3. The molecule has 0 bridgehead atoms. The van der Waals surface area contributed by atoms with Gasteiger partial charge in [-0.2, -0.15) is 0 Å². The highest BCUT2D eigenvalue weighted by Gasteiger charge is 2.57. The van der Waals surface area contributed by atoms with E-state index in [1.54, 1.807) is 75.2 Å². The van der Waals surface area contributed by atoms with Crippen molar-refractivity contribution in [3.8, 4) is 0 Å². The first-order chi connectivity index (χ1) is 22.3. The van der Waals surface area contributed by atoms with Crippen molar-refractivity contribution < 1.29 is 38.2 Å². The lowest BCUT2D eigenvalue weighted by molar-refractivity contribution is -0.144. The number of rotatable bonds is 12. The van der Waals surface area contributed by atoms with E-state index in [9.17, 15) is 19.5 Å². The van der Waals surface area contributed by atoms with Crippen LogP contribution in [0.1, 0.15) is 52.0 Å². The lowest BCUT2D eigenvalue weighted by Crippen LogP contribution is -2.59. The molecule has 3 aliphatic rings. The molecule has 1 saturated heterocycles. The van der Waals surface area contributed by atoms with Crippen LogP contribution in [0.3, 0.4) is 0 Å². The molecule has 0 radical (unpaired) electrons. The molecule has 2 N–H and O–H groups in total. The number of carboxylic acid groups (broad SMARTS) is 1. The molecule has 2 amide bonds. The van der Waals surface area contributed by atoms with Crippen molar-refractivity contribution in [1.82, 2.24) is 25.2 Å². The van der Waals surface area contributed by atoms with Gasteiger partial charge >= 0.3 is 18.2 Å². The number of alkyl halides is 1. The Morgan fingerprint density at radius 2 is 2.09 bits per heavy atom. The maximum Gasteiger partial charge on any atom is 0.414 e. The first-order valence-corrected chi connectivity index (χ1v) is 15.4. The molecule has 3 aliphatic heterocycles. The Kier molecular flexibility index (Phi) is 9.54. The minimum atomic E-state index is -2.32. The SMILES string of the molecule is CN(CCC(CC(=O)O)CC1(C2(F)C=C(c3ccccc3N3CC(Cn4ccnn4)OC3=O)C=CN2)CC=NO1)C(=O)OC(C)(C)C. The number of nitrogens with one attached hydrogen (secondary N) is 1. The average molecular weight is 654 g/mol. The van der Waals surface area contributed by atoms with Crippen LogP contribution >= 0.6 is 0 Å². The van der Waals surface area contributed by atoms with Crippen molar-refractivity contribution in [1.29, 1.82) is 0 Å². The van der Waals surface area contributed by atoms with Gasteiger partial charge in [0, 0.05) is 50.6 Å². The van der Waals surface area contributed by atoms with Crippen molar-refractivity contribution in [3.63, 3.8) is 0 Å². The molecular weight excluding hydrogens is 613 g/mol. The average Bonchev–Trinajstić information content (AvgIpc) is 3.77. The number of cyclic esters (lactones) is 1. The predicted octanol–water partition coefficient (Wildman–Crippen LogP) is 4.35. The molecule has 4 heterocycles. The second kappa shape index (κ2) is 13.4. The van der Waals surface area contributed by atoms with E-state index in [0.717, 1.165) is 0 Å². The van der Waals surface area contributed by atoms with E-state index in [-0.39, 0.29) is 38.8 Å². The van der Waals surface area contributed by atoms with Gasteiger partial charge in [-0.3, -0.25) is 9.69 Å². The summed E-state index contributed by atoms with van der Waals surface area (Å²) in [6.45, 7) is 6.04. The summed E-state index contributed by atoms with van der Waals surface area (Å²) in [7, 11) is 1.57. The molecule has 1 fully saturated rings. The fourth-order valence-electron chi connectivity index (χ4n) is 5.93. The van der Waals surface area contributed by atoms with Crippen molar-refractivity contribution in [2.75, 3.05) is 25.0 Å². The molecule has 252 valence electrons. The summed E-state index contributed by atoms with van der Waals surface area (Å²) >= 11 is 0. The van der Waals surface area contributed by atoms with Crippen molar-refractivity contribution >= 4 is 35.6 Å². The smallest absolute Gasteiger partial charge is 0.414 e. The number of oxime groups is 1. The van der Waals surface area contributed by atoms with Crippen LogP contribution in [0.4, 0.5) is 19.7 Å². The van der Waals surface area contributed by atoms with Gasteiger partial charge in [0.2, 0.25) is 5.79 Å². The maximum atomic E-state index is 17.3. The number of nitrogens with zero attached hydrogens (tertiary/aromatic N) is 6. The monoisotopic (exact) mass is 653 g/mol. The molecule has 1 aromatic carbocycles. The number of hydrogen-bond acceptors (Lipinski definition) is 10. The highest BCUT2D eigenvalue weighted by atomic mass is 19.1. The van der Waals surface area contributed by atoms with E-state index in [0.29, 0.717) is 23.4 Å². The summed E-state index contributed by atoms with van der Waals surface area (Å²) in [6, 6.07) is 7.12. The molecule has 14 nitrogen and oxygen atoms in total. The summed E-state index contributed by atoms with van der Waals surface area (Å²) in [5, 5.41) is 24.2. The Bertz CT molecular complexity index is 1550. The molecule has 1 aromatic heterocycles. The van der Waals surface area contributed by atoms with Crippen LogP contribution in [-0.4, -0.2) is 92.6 Å². The number of amides is 2. The van der Waals surface area contributed by atoms with Gasteiger partial charge in [-0.1, -0.05) is 28.6 Å². The fraction of sp³-hybridized carbons (Fsp3) is 0.500. The first-order valence-electron chi connectivity index (χ1n) is 15.4. The zero-order valence-electron chi connectivity index (χ0n) is 26.8. The third-order valence-electron chi connectivity index (χ3n) is 8.20. The minimum Gasteiger partial charge on any atom is -0.481 e. The number of ether oxygens (including phenoxy) is 2. The first kappa shape index (κ1) is 33.4. The van der Waals surface area contributed by atoms with E-state index < -0.39 is 47.2 Å². The summed E-state index contributed by atoms with van der Waals surface area (Å²) in [6.07, 6.45) is 7.71. The lowest BCUT2D eigenvalue weighted by Gasteiger charge is -2.42. The fourth-order valence-corrected chi connectivity index (χ4v) is 5.93. The van der Waals surface area contributed by atoms with E-state index in [2.05, 4.69) is 20.8 Å². The Morgan fingerprint density at radius 1 is 1.30 bits per heavy atom. The van der Waals surface area contributed by atoms with Crippen LogP contribution in [-0.2, 0) is 25.7 Å². The number of dihydropyridines is 1. The lowest BCUT2D eigenvalue weighted by atomic mass is 9.77. The molecule has 0 spiro atoms. The Labute approximate surface area is 271 Å². The second-order valence-corrected chi connectivity index (χ2v) is 13.0. The van der Waals surface area contributed by atoms with Gasteiger partial charge < -0.3 is 29.6 Å². The number of hydrogen-bond donors (Lipinski definition) is 2. The van der Waals surface area contributed by atoms with Crippen LogP contribution in [0.2, 0.25) is 0 Å². The van der Waals surface area contributed by atoms with Gasteiger partial charge in [-0.05, 0) is 63.3 Å². The van der Waals surface area contributed by atoms with Crippen LogP contribution in [0.15, 0.2) is 60.2 Å². The molecule has 4 atom stereocenters. The van der Waals surface area contributed by atoms with Crippen LogP contribution < -0.4 is 10.2 Å². The van der Waals surface area contributed by atoms with Crippen molar-refractivity contribution in [2.45, 2.75) is 76.1 Å². The molecule has 5 rings (SSSR count). The maximum absolute atomic E-state index is 17.3. The Morgan fingerprint density at radius 3 is 2.77 bits per heavy atom. The van der Waals surface area contributed by atoms with Crippen LogP contribution in [0.25, 0.3) is 5.57 Å². The zero-order chi connectivity index (χ0) is 33.8. The molecule has 0 aliphatic carbocycles. The van der Waals surface area contributed by atoms with E-state index in [1.165, 1.54) is 28.3 Å².